The van der Waals surface area contributed by atoms with Crippen LogP contribution < -0.4 is 5.32 Å². The van der Waals surface area contributed by atoms with Gasteiger partial charge in [-0.3, -0.25) is 4.79 Å². The number of hydrogen-bond acceptors (Lipinski definition) is 3. The third-order valence-corrected chi connectivity index (χ3v) is 3.65. The van der Waals surface area contributed by atoms with Crippen molar-refractivity contribution in [2.24, 2.45) is 5.41 Å². The molecule has 0 aromatic heterocycles. The maximum atomic E-state index is 11.5. The zero-order chi connectivity index (χ0) is 13.0. The van der Waals surface area contributed by atoms with Crippen molar-refractivity contribution in [2.45, 2.75) is 26.2 Å². The summed E-state index contributed by atoms with van der Waals surface area (Å²) in [5, 5.41) is 3.37. The van der Waals surface area contributed by atoms with Gasteiger partial charge in [-0.05, 0) is 38.3 Å². The Labute approximate surface area is 109 Å². The molecule has 0 bridgehead atoms. The molecule has 1 aromatic carbocycles. The highest BCUT2D eigenvalue weighted by molar-refractivity contribution is 5.80. The number of carbonyl (C=O) groups excluding carboxylic acids is 1. The molecule has 1 aliphatic carbocycles. The Balaban J connectivity index is 1.70. The number of benzene rings is 1. The number of carbonyl (C=O) groups is 1. The lowest BCUT2D eigenvalue weighted by atomic mass is 10.1. The van der Waals surface area contributed by atoms with E-state index >= 15 is 0 Å². The predicted molar refractivity (Wildman–Crippen MR) is 71.4 cm³/mol. The van der Waals surface area contributed by atoms with Crippen LogP contribution in [0.25, 0.3) is 0 Å². The smallest absolute Gasteiger partial charge is 0.313 e. The number of aryl methyl sites for hydroxylation is 1. The van der Waals surface area contributed by atoms with E-state index in [1.54, 1.807) is 0 Å². The standard InChI is InChI=1S/C15H21NO2/c1-12-3-5-13(6-4-12)7-10-16-11-15(8-9-15)14(17)18-2/h3-6,16H,7-11H2,1-2H3. The van der Waals surface area contributed by atoms with Crippen molar-refractivity contribution in [3.8, 4) is 0 Å². The first-order valence-corrected chi connectivity index (χ1v) is 6.51. The minimum Gasteiger partial charge on any atom is -0.469 e. The van der Waals surface area contributed by atoms with E-state index in [0.29, 0.717) is 0 Å². The van der Waals surface area contributed by atoms with Crippen LogP contribution in [0.2, 0.25) is 0 Å². The van der Waals surface area contributed by atoms with Crippen LogP contribution in [0, 0.1) is 12.3 Å². The Morgan fingerprint density at radius 1 is 1.33 bits per heavy atom. The lowest BCUT2D eigenvalue weighted by Crippen LogP contribution is -2.32. The molecule has 3 heteroatoms. The summed E-state index contributed by atoms with van der Waals surface area (Å²) in [6, 6.07) is 8.58. The zero-order valence-electron chi connectivity index (χ0n) is 11.2. The molecule has 2 rings (SSSR count). The van der Waals surface area contributed by atoms with Crippen LogP contribution in [0.3, 0.4) is 0 Å². The number of esters is 1. The van der Waals surface area contributed by atoms with Crippen LogP contribution in [0.15, 0.2) is 24.3 Å². The molecule has 98 valence electrons. The highest BCUT2D eigenvalue weighted by atomic mass is 16.5. The van der Waals surface area contributed by atoms with Gasteiger partial charge in [0.2, 0.25) is 0 Å². The summed E-state index contributed by atoms with van der Waals surface area (Å²) in [7, 11) is 1.47. The molecule has 0 heterocycles. The van der Waals surface area contributed by atoms with Gasteiger partial charge in [-0.15, -0.1) is 0 Å². The van der Waals surface area contributed by atoms with E-state index in [1.165, 1.54) is 18.2 Å². The van der Waals surface area contributed by atoms with Gasteiger partial charge < -0.3 is 10.1 Å². The topological polar surface area (TPSA) is 38.3 Å². The molecule has 0 spiro atoms. The molecular formula is C15H21NO2. The van der Waals surface area contributed by atoms with E-state index in [4.69, 9.17) is 4.74 Å². The summed E-state index contributed by atoms with van der Waals surface area (Å²) in [6.45, 7) is 3.74. The molecule has 0 radical (unpaired) electrons. The summed E-state index contributed by atoms with van der Waals surface area (Å²) < 4.78 is 4.83. The summed E-state index contributed by atoms with van der Waals surface area (Å²) in [4.78, 5) is 11.5. The largest absolute Gasteiger partial charge is 0.469 e. The van der Waals surface area contributed by atoms with Crippen molar-refractivity contribution in [3.05, 3.63) is 35.4 Å². The van der Waals surface area contributed by atoms with E-state index in [1.807, 2.05) is 0 Å². The molecule has 1 aliphatic rings. The van der Waals surface area contributed by atoms with Gasteiger partial charge in [-0.1, -0.05) is 29.8 Å². The lowest BCUT2D eigenvalue weighted by molar-refractivity contribution is -0.146. The first-order chi connectivity index (χ1) is 8.66. The van der Waals surface area contributed by atoms with Crippen molar-refractivity contribution in [2.75, 3.05) is 20.2 Å². The molecule has 0 aliphatic heterocycles. The fourth-order valence-corrected chi connectivity index (χ4v) is 2.14. The number of rotatable bonds is 6. The van der Waals surface area contributed by atoms with Crippen molar-refractivity contribution >= 4 is 5.97 Å². The van der Waals surface area contributed by atoms with Gasteiger partial charge in [0.1, 0.15) is 0 Å². The monoisotopic (exact) mass is 247 g/mol. The van der Waals surface area contributed by atoms with E-state index in [2.05, 4.69) is 36.5 Å². The SMILES string of the molecule is COC(=O)C1(CNCCc2ccc(C)cc2)CC1. The molecule has 18 heavy (non-hydrogen) atoms. The lowest BCUT2D eigenvalue weighted by Gasteiger charge is -2.13. The van der Waals surface area contributed by atoms with E-state index in [0.717, 1.165) is 32.4 Å². The molecule has 0 saturated heterocycles. The van der Waals surface area contributed by atoms with Crippen molar-refractivity contribution in [1.82, 2.24) is 5.32 Å². The second kappa shape index (κ2) is 5.53. The van der Waals surface area contributed by atoms with Gasteiger partial charge in [-0.2, -0.15) is 0 Å². The normalized spacial score (nSPS) is 16.3. The highest BCUT2D eigenvalue weighted by Crippen LogP contribution is 2.45. The number of hydrogen-bond donors (Lipinski definition) is 1. The number of ether oxygens (including phenoxy) is 1. The van der Waals surface area contributed by atoms with Gasteiger partial charge in [0.15, 0.2) is 0 Å². The van der Waals surface area contributed by atoms with Crippen LogP contribution >= 0.6 is 0 Å². The summed E-state index contributed by atoms with van der Waals surface area (Å²) in [5.74, 6) is -0.0645. The van der Waals surface area contributed by atoms with Crippen LogP contribution in [0.5, 0.6) is 0 Å². The second-order valence-corrected chi connectivity index (χ2v) is 5.18. The molecule has 1 saturated carbocycles. The van der Waals surface area contributed by atoms with Crippen molar-refractivity contribution in [1.29, 1.82) is 0 Å². The Bertz CT molecular complexity index is 407. The first kappa shape index (κ1) is 13.1. The Kier molecular flexibility index (Phi) is 4.02. The van der Waals surface area contributed by atoms with Gasteiger partial charge >= 0.3 is 5.97 Å². The summed E-state index contributed by atoms with van der Waals surface area (Å²) >= 11 is 0. The average molecular weight is 247 g/mol. The Morgan fingerprint density at radius 2 is 2.00 bits per heavy atom. The molecule has 1 fully saturated rings. The van der Waals surface area contributed by atoms with Gasteiger partial charge in [0, 0.05) is 6.54 Å². The van der Waals surface area contributed by atoms with Crippen molar-refractivity contribution in [3.63, 3.8) is 0 Å². The molecule has 3 nitrogen and oxygen atoms in total. The van der Waals surface area contributed by atoms with E-state index < -0.39 is 0 Å². The van der Waals surface area contributed by atoms with Crippen molar-refractivity contribution < 1.29 is 9.53 Å². The van der Waals surface area contributed by atoms with Gasteiger partial charge in [-0.25, -0.2) is 0 Å². The molecule has 0 unspecified atom stereocenters. The van der Waals surface area contributed by atoms with E-state index in [-0.39, 0.29) is 11.4 Å². The molecule has 1 N–H and O–H groups in total. The highest BCUT2D eigenvalue weighted by Gasteiger charge is 2.50. The summed E-state index contributed by atoms with van der Waals surface area (Å²) in [6.07, 6.45) is 2.91. The Morgan fingerprint density at radius 3 is 2.56 bits per heavy atom. The number of methoxy groups -OCH3 is 1. The minimum absolute atomic E-state index is 0.0645. The Hall–Kier alpha value is -1.35. The van der Waals surface area contributed by atoms with E-state index in [9.17, 15) is 4.79 Å². The van der Waals surface area contributed by atoms with Crippen LogP contribution in [0.1, 0.15) is 24.0 Å². The minimum atomic E-state index is -0.220. The average Bonchev–Trinajstić information content (AvgIpc) is 3.17. The molecule has 0 atom stereocenters. The zero-order valence-corrected chi connectivity index (χ0v) is 11.2. The van der Waals surface area contributed by atoms with Crippen LogP contribution in [-0.2, 0) is 16.0 Å². The third-order valence-electron chi connectivity index (χ3n) is 3.65. The third kappa shape index (κ3) is 3.10. The fourth-order valence-electron chi connectivity index (χ4n) is 2.14. The van der Waals surface area contributed by atoms with Crippen LogP contribution in [-0.4, -0.2) is 26.2 Å². The van der Waals surface area contributed by atoms with Gasteiger partial charge in [0.05, 0.1) is 12.5 Å². The fraction of sp³-hybridized carbons (Fsp3) is 0.533. The number of nitrogens with one attached hydrogen (secondary N) is 1. The van der Waals surface area contributed by atoms with Gasteiger partial charge in [0.25, 0.3) is 0 Å². The molecule has 1 aromatic rings. The molecule has 0 amide bonds. The molecular weight excluding hydrogens is 226 g/mol. The second-order valence-electron chi connectivity index (χ2n) is 5.18. The first-order valence-electron chi connectivity index (χ1n) is 6.51. The predicted octanol–water partition coefficient (Wildman–Crippen LogP) is 2.08. The van der Waals surface area contributed by atoms with Crippen LogP contribution in [0.4, 0.5) is 0 Å². The quantitative estimate of drug-likeness (QED) is 0.618. The summed E-state index contributed by atoms with van der Waals surface area (Å²) in [5.41, 5.74) is 2.40. The maximum Gasteiger partial charge on any atom is 0.313 e. The maximum absolute atomic E-state index is 11.5.